The minimum absolute atomic E-state index is 0.0598. The predicted molar refractivity (Wildman–Crippen MR) is 260 cm³/mol. The minimum Gasteiger partial charge on any atom is -0.399 e. The highest BCUT2D eigenvalue weighted by molar-refractivity contribution is 9.10. The van der Waals surface area contributed by atoms with Crippen LogP contribution in [0.2, 0.25) is 0 Å². The average Bonchev–Trinajstić information content (AvgIpc) is 3.63. The molecule has 0 amide bonds. The van der Waals surface area contributed by atoms with Crippen LogP contribution >= 0.6 is 31.9 Å². The highest BCUT2D eigenvalue weighted by atomic mass is 79.9. The summed E-state index contributed by atoms with van der Waals surface area (Å²) in [5, 5.41) is 0. The molecule has 6 heteroatoms. The first kappa shape index (κ1) is 43.9. The summed E-state index contributed by atoms with van der Waals surface area (Å²) < 4.78 is 15.5. The highest BCUT2D eigenvalue weighted by Gasteiger charge is 2.52. The van der Waals surface area contributed by atoms with Crippen LogP contribution < -0.4 is 10.4 Å². The van der Waals surface area contributed by atoms with Crippen molar-refractivity contribution in [3.63, 3.8) is 0 Å². The molecule has 0 aromatic heterocycles. The molecule has 1 fully saturated rings. The van der Waals surface area contributed by atoms with Crippen molar-refractivity contribution in [2.75, 3.05) is 4.90 Å². The molecule has 0 spiro atoms. The van der Waals surface area contributed by atoms with E-state index in [0.29, 0.717) is 0 Å². The third-order valence-electron chi connectivity index (χ3n) is 13.5. The fourth-order valence-electron chi connectivity index (χ4n) is 9.33. The lowest BCUT2D eigenvalue weighted by molar-refractivity contribution is 0.00578. The van der Waals surface area contributed by atoms with Crippen molar-refractivity contribution >= 4 is 61.5 Å². The van der Waals surface area contributed by atoms with E-state index >= 15 is 0 Å². The number of fused-ring (bicyclic) bond motifs is 3. The number of anilines is 3. The van der Waals surface area contributed by atoms with Gasteiger partial charge in [-0.2, -0.15) is 0 Å². The molecule has 0 saturated carbocycles. The molecule has 0 bridgehead atoms. The molecule has 3 nitrogen and oxygen atoms in total. The molecule has 1 saturated heterocycles. The summed E-state index contributed by atoms with van der Waals surface area (Å²) in [5.41, 5.74) is 12.0. The molecule has 1 heterocycles. The van der Waals surface area contributed by atoms with Gasteiger partial charge in [0, 0.05) is 31.4 Å². The second kappa shape index (κ2) is 19.3. The van der Waals surface area contributed by atoms with E-state index in [1.165, 1.54) is 123 Å². The molecular formula is C53H64BBr2NO2. The summed E-state index contributed by atoms with van der Waals surface area (Å²) >= 11 is 7.27. The van der Waals surface area contributed by atoms with Gasteiger partial charge in [-0.1, -0.05) is 165 Å². The Morgan fingerprint density at radius 3 is 1.37 bits per heavy atom. The van der Waals surface area contributed by atoms with E-state index in [4.69, 9.17) is 9.31 Å². The predicted octanol–water partition coefficient (Wildman–Crippen LogP) is 16.4. The van der Waals surface area contributed by atoms with E-state index in [9.17, 15) is 0 Å². The van der Waals surface area contributed by atoms with Crippen molar-refractivity contribution < 1.29 is 9.31 Å². The topological polar surface area (TPSA) is 21.7 Å². The SMILES string of the molecule is CCCCCCCCC1(CCCCCCCC)c2cc(B3OC(C)(C)C(C)(C)O3)ccc2-c2ccc(-c3ccc(N(c4ccc(Br)cc4)c4ccc(Br)cc4)cc3)cc21. The maximum atomic E-state index is 6.67. The lowest BCUT2D eigenvalue weighted by atomic mass is 9.68. The lowest BCUT2D eigenvalue weighted by Gasteiger charge is -2.33. The smallest absolute Gasteiger partial charge is 0.399 e. The van der Waals surface area contributed by atoms with Crippen LogP contribution in [0, 0.1) is 0 Å². The quantitative estimate of drug-likeness (QED) is 0.0608. The standard InChI is InChI=1S/C53H64BBr2NO2/c1-7-9-11-13-15-17-35-53(36-18-16-14-12-10-8-2)49-37-40(21-33-47(49)48-34-22-41(38-50(48)53)54-58-51(3,4)52(5,6)59-54)39-19-27-44(28-20-39)57(45-29-23-42(55)24-30-45)46-31-25-43(56)26-32-46/h19-34,37-38H,7-18,35-36H2,1-6H3. The summed E-state index contributed by atoms with van der Waals surface area (Å²) in [6, 6.07) is 40.8. The number of nitrogens with zero attached hydrogens (tertiary/aromatic N) is 1. The highest BCUT2D eigenvalue weighted by Crippen LogP contribution is 2.55. The van der Waals surface area contributed by atoms with Crippen LogP contribution in [0.1, 0.15) is 143 Å². The minimum atomic E-state index is -0.383. The van der Waals surface area contributed by atoms with E-state index < -0.39 is 0 Å². The molecule has 1 aliphatic carbocycles. The van der Waals surface area contributed by atoms with E-state index in [2.05, 4.69) is 187 Å². The van der Waals surface area contributed by atoms with Crippen LogP contribution in [-0.2, 0) is 14.7 Å². The van der Waals surface area contributed by atoms with Crippen molar-refractivity contribution in [2.45, 2.75) is 148 Å². The van der Waals surface area contributed by atoms with Crippen LogP contribution in [0.5, 0.6) is 0 Å². The van der Waals surface area contributed by atoms with E-state index in [-0.39, 0.29) is 23.7 Å². The molecule has 1 aliphatic heterocycles. The number of rotatable bonds is 19. The van der Waals surface area contributed by atoms with E-state index in [0.717, 1.165) is 31.5 Å². The van der Waals surface area contributed by atoms with Gasteiger partial charge < -0.3 is 14.2 Å². The molecule has 5 aromatic carbocycles. The van der Waals surface area contributed by atoms with Crippen LogP contribution in [0.3, 0.4) is 0 Å². The van der Waals surface area contributed by atoms with Gasteiger partial charge in [0.05, 0.1) is 11.2 Å². The number of hydrogen-bond acceptors (Lipinski definition) is 3. The van der Waals surface area contributed by atoms with E-state index in [1.54, 1.807) is 0 Å². The van der Waals surface area contributed by atoms with Crippen molar-refractivity contribution in [3.05, 3.63) is 129 Å². The molecule has 0 unspecified atom stereocenters. The molecule has 59 heavy (non-hydrogen) atoms. The molecule has 5 aromatic rings. The van der Waals surface area contributed by atoms with Gasteiger partial charge in [0.2, 0.25) is 0 Å². The largest absolute Gasteiger partial charge is 0.494 e. The van der Waals surface area contributed by atoms with Crippen LogP contribution in [0.4, 0.5) is 17.1 Å². The summed E-state index contributed by atoms with van der Waals surface area (Å²) in [5.74, 6) is 0. The first-order valence-electron chi connectivity index (χ1n) is 22.5. The zero-order chi connectivity index (χ0) is 41.6. The van der Waals surface area contributed by atoms with Crippen LogP contribution in [0.15, 0.2) is 118 Å². The van der Waals surface area contributed by atoms with Crippen LogP contribution in [-0.4, -0.2) is 18.3 Å². The van der Waals surface area contributed by atoms with Gasteiger partial charge >= 0.3 is 7.12 Å². The van der Waals surface area contributed by atoms with Crippen molar-refractivity contribution in [3.8, 4) is 22.3 Å². The zero-order valence-corrected chi connectivity index (χ0v) is 39.6. The van der Waals surface area contributed by atoms with Crippen molar-refractivity contribution in [1.29, 1.82) is 0 Å². The average molecular weight is 918 g/mol. The number of halogens is 2. The van der Waals surface area contributed by atoms with Gasteiger partial charge in [0.15, 0.2) is 0 Å². The summed E-state index contributed by atoms with van der Waals surface area (Å²) in [6.45, 7) is 13.3. The van der Waals surface area contributed by atoms with Gasteiger partial charge in [0.1, 0.15) is 0 Å². The Hall–Kier alpha value is -3.16. The Labute approximate surface area is 373 Å². The zero-order valence-electron chi connectivity index (χ0n) is 36.4. The second-order valence-electron chi connectivity index (χ2n) is 18.1. The summed E-state index contributed by atoms with van der Waals surface area (Å²) in [7, 11) is -0.377. The van der Waals surface area contributed by atoms with Crippen molar-refractivity contribution in [2.24, 2.45) is 0 Å². The Morgan fingerprint density at radius 1 is 0.475 bits per heavy atom. The van der Waals surface area contributed by atoms with Crippen LogP contribution in [0.25, 0.3) is 22.3 Å². The number of benzene rings is 5. The molecule has 0 radical (unpaired) electrons. The van der Waals surface area contributed by atoms with Gasteiger partial charge in [-0.25, -0.2) is 0 Å². The van der Waals surface area contributed by atoms with Gasteiger partial charge in [-0.15, -0.1) is 0 Å². The third kappa shape index (κ3) is 9.67. The fraction of sp³-hybridized carbons (Fsp3) is 0.434. The first-order valence-corrected chi connectivity index (χ1v) is 24.1. The first-order chi connectivity index (χ1) is 28.5. The van der Waals surface area contributed by atoms with E-state index in [1.807, 2.05) is 0 Å². The molecule has 310 valence electrons. The Kier molecular flexibility index (Phi) is 14.3. The molecule has 7 rings (SSSR count). The van der Waals surface area contributed by atoms with Gasteiger partial charge in [-0.3, -0.25) is 0 Å². The Bertz CT molecular complexity index is 2070. The van der Waals surface area contributed by atoms with Gasteiger partial charge in [0.25, 0.3) is 0 Å². The molecule has 0 N–H and O–H groups in total. The molecular weight excluding hydrogens is 853 g/mol. The molecule has 0 atom stereocenters. The fourth-order valence-corrected chi connectivity index (χ4v) is 9.86. The third-order valence-corrected chi connectivity index (χ3v) is 14.5. The summed E-state index contributed by atoms with van der Waals surface area (Å²) in [6.07, 6.45) is 17.9. The van der Waals surface area contributed by atoms with Gasteiger partial charge in [-0.05, 0) is 146 Å². The lowest BCUT2D eigenvalue weighted by Crippen LogP contribution is -2.41. The Morgan fingerprint density at radius 2 is 0.881 bits per heavy atom. The number of hydrogen-bond donors (Lipinski definition) is 0. The number of unbranched alkanes of at least 4 members (excludes halogenated alkanes) is 10. The molecule has 2 aliphatic rings. The maximum Gasteiger partial charge on any atom is 0.494 e. The summed E-state index contributed by atoms with van der Waals surface area (Å²) in [4.78, 5) is 2.33. The second-order valence-corrected chi connectivity index (χ2v) is 19.9. The Balaban J connectivity index is 1.27. The normalized spacial score (nSPS) is 16.0. The monoisotopic (exact) mass is 915 g/mol. The maximum absolute atomic E-state index is 6.67. The van der Waals surface area contributed by atoms with Crippen molar-refractivity contribution in [1.82, 2.24) is 0 Å².